The lowest BCUT2D eigenvalue weighted by Crippen LogP contribution is -2.24. The van der Waals surface area contributed by atoms with Crippen molar-refractivity contribution in [2.75, 3.05) is 0 Å². The standard InChI is InChI=1S/C21H23N3O3S/c1-11(2)26-15-7-13-9-16(23-18(13)14(8-15)10-22)19-24-17(12(3)28-19)20(25)27-21(4,5)6/h7-9,11,23H,1-6H3. The van der Waals surface area contributed by atoms with Gasteiger partial charge in [0, 0.05) is 16.3 Å². The van der Waals surface area contributed by atoms with Crippen molar-refractivity contribution in [1.82, 2.24) is 9.97 Å². The van der Waals surface area contributed by atoms with E-state index in [0.29, 0.717) is 22.0 Å². The van der Waals surface area contributed by atoms with E-state index < -0.39 is 11.6 Å². The molecular formula is C21H23N3O3S. The Morgan fingerprint density at radius 3 is 2.61 bits per heavy atom. The number of carbonyl (C=O) groups is 1. The third kappa shape index (κ3) is 4.18. The molecule has 0 fully saturated rings. The predicted molar refractivity (Wildman–Crippen MR) is 110 cm³/mol. The number of rotatable bonds is 4. The molecule has 0 atom stereocenters. The number of hydrogen-bond acceptors (Lipinski definition) is 6. The fraction of sp³-hybridized carbons (Fsp3) is 0.381. The first kappa shape index (κ1) is 19.9. The largest absolute Gasteiger partial charge is 0.491 e. The summed E-state index contributed by atoms with van der Waals surface area (Å²) in [5.41, 5.74) is 1.71. The van der Waals surface area contributed by atoms with Crippen LogP contribution in [-0.2, 0) is 4.74 Å². The first-order chi connectivity index (χ1) is 13.1. The van der Waals surface area contributed by atoms with Crippen LogP contribution in [0.25, 0.3) is 21.6 Å². The molecule has 0 aliphatic heterocycles. The average molecular weight is 398 g/mol. The number of nitriles is 1. The van der Waals surface area contributed by atoms with Crippen molar-refractivity contribution in [3.8, 4) is 22.5 Å². The van der Waals surface area contributed by atoms with Gasteiger partial charge in [-0.05, 0) is 53.7 Å². The minimum absolute atomic E-state index is 0.0143. The van der Waals surface area contributed by atoms with Gasteiger partial charge in [0.05, 0.1) is 22.9 Å². The van der Waals surface area contributed by atoms with Crippen LogP contribution in [0.15, 0.2) is 18.2 Å². The van der Waals surface area contributed by atoms with Gasteiger partial charge < -0.3 is 14.5 Å². The molecule has 2 aromatic heterocycles. The van der Waals surface area contributed by atoms with Crippen molar-refractivity contribution >= 4 is 28.2 Å². The molecule has 0 saturated heterocycles. The molecule has 0 unspecified atom stereocenters. The van der Waals surface area contributed by atoms with Gasteiger partial charge in [-0.15, -0.1) is 11.3 Å². The Balaban J connectivity index is 2.02. The fourth-order valence-corrected chi connectivity index (χ4v) is 3.66. The van der Waals surface area contributed by atoms with E-state index in [2.05, 4.69) is 16.0 Å². The summed E-state index contributed by atoms with van der Waals surface area (Å²) >= 11 is 1.41. The highest BCUT2D eigenvalue weighted by Gasteiger charge is 2.23. The number of nitrogens with zero attached hydrogens (tertiary/aromatic N) is 2. The number of aromatic amines is 1. The summed E-state index contributed by atoms with van der Waals surface area (Å²) in [6, 6.07) is 7.74. The van der Waals surface area contributed by atoms with E-state index in [4.69, 9.17) is 9.47 Å². The van der Waals surface area contributed by atoms with E-state index in [1.807, 2.05) is 53.7 Å². The number of aromatic nitrogens is 2. The summed E-state index contributed by atoms with van der Waals surface area (Å²) in [6.07, 6.45) is 0.0143. The van der Waals surface area contributed by atoms with E-state index in [0.717, 1.165) is 21.5 Å². The van der Waals surface area contributed by atoms with Crippen LogP contribution in [0.3, 0.4) is 0 Å². The van der Waals surface area contributed by atoms with Crippen molar-refractivity contribution in [2.45, 2.75) is 53.2 Å². The molecule has 6 nitrogen and oxygen atoms in total. The van der Waals surface area contributed by atoms with Crippen LogP contribution in [0.2, 0.25) is 0 Å². The lowest BCUT2D eigenvalue weighted by molar-refractivity contribution is 0.00630. The Hall–Kier alpha value is -2.85. The van der Waals surface area contributed by atoms with E-state index in [1.54, 1.807) is 6.07 Å². The topological polar surface area (TPSA) is 88.0 Å². The van der Waals surface area contributed by atoms with Crippen LogP contribution < -0.4 is 4.74 Å². The van der Waals surface area contributed by atoms with Gasteiger partial charge in [-0.2, -0.15) is 5.26 Å². The van der Waals surface area contributed by atoms with E-state index in [-0.39, 0.29) is 6.10 Å². The molecule has 146 valence electrons. The second-order valence-electron chi connectivity index (χ2n) is 7.82. The van der Waals surface area contributed by atoms with Gasteiger partial charge >= 0.3 is 5.97 Å². The molecule has 0 aliphatic rings. The van der Waals surface area contributed by atoms with Gasteiger partial charge in [-0.1, -0.05) is 0 Å². The van der Waals surface area contributed by atoms with Crippen LogP contribution in [0.4, 0.5) is 0 Å². The highest BCUT2D eigenvalue weighted by Crippen LogP contribution is 2.33. The van der Waals surface area contributed by atoms with Crippen molar-refractivity contribution < 1.29 is 14.3 Å². The Bertz CT molecular complexity index is 1080. The molecule has 3 rings (SSSR count). The second kappa shape index (κ2) is 7.28. The Kier molecular flexibility index (Phi) is 5.18. The van der Waals surface area contributed by atoms with Crippen LogP contribution in [0.1, 0.15) is 55.5 Å². The maximum absolute atomic E-state index is 12.4. The van der Waals surface area contributed by atoms with Crippen molar-refractivity contribution in [3.63, 3.8) is 0 Å². The maximum Gasteiger partial charge on any atom is 0.358 e. The van der Waals surface area contributed by atoms with Crippen molar-refractivity contribution in [3.05, 3.63) is 34.3 Å². The quantitative estimate of drug-likeness (QED) is 0.610. The fourth-order valence-electron chi connectivity index (χ4n) is 2.79. The molecule has 0 bridgehead atoms. The van der Waals surface area contributed by atoms with Gasteiger partial charge in [0.1, 0.15) is 22.4 Å². The summed E-state index contributed by atoms with van der Waals surface area (Å²) in [5, 5.41) is 11.0. The zero-order chi connectivity index (χ0) is 20.6. The maximum atomic E-state index is 12.4. The third-order valence-electron chi connectivity index (χ3n) is 3.81. The van der Waals surface area contributed by atoms with E-state index in [9.17, 15) is 10.1 Å². The first-order valence-corrected chi connectivity index (χ1v) is 9.83. The molecule has 0 radical (unpaired) electrons. The normalized spacial score (nSPS) is 11.6. The number of H-pyrrole nitrogens is 1. The minimum Gasteiger partial charge on any atom is -0.491 e. The number of aryl methyl sites for hydroxylation is 1. The Morgan fingerprint density at radius 2 is 2.00 bits per heavy atom. The molecule has 0 amide bonds. The Morgan fingerprint density at radius 1 is 1.29 bits per heavy atom. The number of carbonyl (C=O) groups excluding carboxylic acids is 1. The summed E-state index contributed by atoms with van der Waals surface area (Å²) in [7, 11) is 0. The predicted octanol–water partition coefficient (Wildman–Crippen LogP) is 5.21. The number of fused-ring (bicyclic) bond motifs is 1. The third-order valence-corrected chi connectivity index (χ3v) is 4.82. The second-order valence-corrected chi connectivity index (χ2v) is 9.03. The molecule has 0 saturated carbocycles. The van der Waals surface area contributed by atoms with Gasteiger partial charge in [0.25, 0.3) is 0 Å². The summed E-state index contributed by atoms with van der Waals surface area (Å²) in [5.74, 6) is 0.211. The van der Waals surface area contributed by atoms with E-state index in [1.165, 1.54) is 11.3 Å². The summed E-state index contributed by atoms with van der Waals surface area (Å²) in [6.45, 7) is 11.2. The molecule has 7 heteroatoms. The highest BCUT2D eigenvalue weighted by atomic mass is 32.1. The SMILES string of the molecule is Cc1sc(-c2cc3cc(OC(C)C)cc(C#N)c3[nH]2)nc1C(=O)OC(C)(C)C. The number of hydrogen-bond donors (Lipinski definition) is 1. The monoisotopic (exact) mass is 397 g/mol. The van der Waals surface area contributed by atoms with Crippen LogP contribution in [-0.4, -0.2) is 27.6 Å². The number of esters is 1. The van der Waals surface area contributed by atoms with Gasteiger partial charge in [-0.25, -0.2) is 9.78 Å². The lowest BCUT2D eigenvalue weighted by Gasteiger charge is -2.18. The molecule has 2 heterocycles. The number of nitrogens with one attached hydrogen (secondary N) is 1. The van der Waals surface area contributed by atoms with Crippen LogP contribution >= 0.6 is 11.3 Å². The Labute approximate surface area is 168 Å². The highest BCUT2D eigenvalue weighted by molar-refractivity contribution is 7.15. The summed E-state index contributed by atoms with van der Waals surface area (Å²) < 4.78 is 11.2. The molecule has 1 aromatic carbocycles. The van der Waals surface area contributed by atoms with Crippen LogP contribution in [0.5, 0.6) is 5.75 Å². The molecule has 28 heavy (non-hydrogen) atoms. The summed E-state index contributed by atoms with van der Waals surface area (Å²) in [4.78, 5) is 20.9. The van der Waals surface area contributed by atoms with Gasteiger partial charge in [-0.3, -0.25) is 0 Å². The van der Waals surface area contributed by atoms with Gasteiger partial charge in [0.15, 0.2) is 5.69 Å². The lowest BCUT2D eigenvalue weighted by atomic mass is 10.1. The zero-order valence-corrected chi connectivity index (χ0v) is 17.7. The average Bonchev–Trinajstić information content (AvgIpc) is 3.15. The van der Waals surface area contributed by atoms with Gasteiger partial charge in [0.2, 0.25) is 0 Å². The number of thiazole rings is 1. The van der Waals surface area contributed by atoms with Crippen LogP contribution in [0, 0.1) is 18.3 Å². The van der Waals surface area contributed by atoms with E-state index >= 15 is 0 Å². The number of ether oxygens (including phenoxy) is 2. The number of benzene rings is 1. The molecule has 0 spiro atoms. The zero-order valence-electron chi connectivity index (χ0n) is 16.8. The minimum atomic E-state index is -0.580. The molecular weight excluding hydrogens is 374 g/mol. The molecule has 1 N–H and O–H groups in total. The smallest absolute Gasteiger partial charge is 0.358 e. The van der Waals surface area contributed by atoms with Crippen molar-refractivity contribution in [1.29, 1.82) is 5.26 Å². The first-order valence-electron chi connectivity index (χ1n) is 9.02. The molecule has 0 aliphatic carbocycles. The molecule has 3 aromatic rings. The van der Waals surface area contributed by atoms with Crippen molar-refractivity contribution in [2.24, 2.45) is 0 Å².